The van der Waals surface area contributed by atoms with Gasteiger partial charge in [-0.2, -0.15) is 10.1 Å². The van der Waals surface area contributed by atoms with Crippen molar-refractivity contribution in [2.75, 3.05) is 0 Å². The highest BCUT2D eigenvalue weighted by Gasteiger charge is 2.33. The van der Waals surface area contributed by atoms with Gasteiger partial charge in [-0.3, -0.25) is 19.4 Å². The molecule has 9 nitrogen and oxygen atoms in total. The average molecular weight is 540 g/mol. The Morgan fingerprint density at radius 2 is 1.62 bits per heavy atom. The summed E-state index contributed by atoms with van der Waals surface area (Å²) in [6.45, 7) is 0. The lowest BCUT2D eigenvalue weighted by Gasteiger charge is -2.23. The molecule has 2 N–H and O–H groups in total. The van der Waals surface area contributed by atoms with Gasteiger partial charge in [-0.15, -0.1) is 0 Å². The summed E-state index contributed by atoms with van der Waals surface area (Å²) in [7, 11) is 0. The minimum atomic E-state index is -0.945. The van der Waals surface area contributed by atoms with E-state index in [0.29, 0.717) is 20.8 Å². The monoisotopic (exact) mass is 538 g/mol. The number of H-pyrrole nitrogens is 1. The number of nitrogens with zero attached hydrogens (tertiary/aromatic N) is 3. The number of aromatic amines is 1. The maximum absolute atomic E-state index is 13.1. The summed E-state index contributed by atoms with van der Waals surface area (Å²) in [6, 6.07) is 14.2. The van der Waals surface area contributed by atoms with Crippen molar-refractivity contribution < 1.29 is 14.7 Å². The molecule has 0 saturated heterocycles. The average Bonchev–Trinajstić information content (AvgIpc) is 2.81. The Morgan fingerprint density at radius 1 is 0.941 bits per heavy atom. The molecule has 0 atom stereocenters. The number of halogens is 2. The van der Waals surface area contributed by atoms with Crippen LogP contribution < -0.4 is 11.2 Å². The maximum atomic E-state index is 13.1. The molecule has 1 aliphatic rings. The molecular weight excluding hydrogens is 528 g/mol. The number of carbonyl (C=O) groups excluding carboxylic acids is 2. The molecule has 0 spiro atoms. The minimum absolute atomic E-state index is 0.231. The first-order valence-corrected chi connectivity index (χ1v) is 10.9. The smallest absolute Gasteiger partial charge is 0.335 e. The summed E-state index contributed by atoms with van der Waals surface area (Å²) in [4.78, 5) is 52.9. The lowest BCUT2D eigenvalue weighted by atomic mass is 9.95. The van der Waals surface area contributed by atoms with Crippen molar-refractivity contribution in [2.45, 2.75) is 0 Å². The summed E-state index contributed by atoms with van der Waals surface area (Å²) < 4.78 is 1.57. The molecule has 0 radical (unpaired) electrons. The molecule has 2 amide bonds. The topological polar surface area (TPSA) is 125 Å². The van der Waals surface area contributed by atoms with E-state index >= 15 is 0 Å². The zero-order chi connectivity index (χ0) is 24.1. The largest absolute Gasteiger partial charge is 0.493 e. The van der Waals surface area contributed by atoms with Crippen LogP contribution in [0, 0.1) is 0 Å². The van der Waals surface area contributed by atoms with E-state index in [-0.39, 0.29) is 16.8 Å². The van der Waals surface area contributed by atoms with E-state index in [2.05, 4.69) is 26.0 Å². The van der Waals surface area contributed by atoms with Crippen LogP contribution >= 0.6 is 27.5 Å². The lowest BCUT2D eigenvalue weighted by Crippen LogP contribution is -2.37. The van der Waals surface area contributed by atoms with E-state index in [1.807, 2.05) is 0 Å². The van der Waals surface area contributed by atoms with Gasteiger partial charge in [-0.1, -0.05) is 39.7 Å². The molecule has 34 heavy (non-hydrogen) atoms. The first kappa shape index (κ1) is 21.8. The number of nitrogens with one attached hydrogen (secondary N) is 1. The zero-order valence-corrected chi connectivity index (χ0v) is 19.3. The number of amides is 2. The standard InChI is InChI=1S/C23H12BrClN4O5/c24-17-9-8-15-18-13(17)2-1-3-14(18)21(32)29(22(15)33)26-10-16-19(30)27-23(34)28(20(16)31)12-6-4-11(25)5-7-12/h1-10,31H,(H,27,30,34)/b26-10+. The van der Waals surface area contributed by atoms with Gasteiger partial charge >= 0.3 is 5.69 Å². The molecule has 0 unspecified atom stereocenters. The zero-order valence-electron chi connectivity index (χ0n) is 17.0. The number of hydrogen-bond acceptors (Lipinski definition) is 6. The van der Waals surface area contributed by atoms with Gasteiger partial charge in [-0.25, -0.2) is 9.36 Å². The third-order valence-electron chi connectivity index (χ3n) is 5.34. The summed E-state index contributed by atoms with van der Waals surface area (Å²) in [5.74, 6) is -2.11. The van der Waals surface area contributed by atoms with Crippen LogP contribution in [0.5, 0.6) is 5.88 Å². The number of carbonyl (C=O) groups is 2. The number of hydrazone groups is 1. The maximum Gasteiger partial charge on any atom is 0.335 e. The highest BCUT2D eigenvalue weighted by Crippen LogP contribution is 2.34. The van der Waals surface area contributed by atoms with E-state index in [1.165, 1.54) is 24.3 Å². The second-order valence-corrected chi connectivity index (χ2v) is 8.59. The lowest BCUT2D eigenvalue weighted by molar-refractivity contribution is 0.0616. The fourth-order valence-corrected chi connectivity index (χ4v) is 4.34. The highest BCUT2D eigenvalue weighted by atomic mass is 79.9. The quantitative estimate of drug-likeness (QED) is 0.305. The van der Waals surface area contributed by atoms with Crippen molar-refractivity contribution >= 4 is 56.3 Å². The van der Waals surface area contributed by atoms with Crippen LogP contribution in [-0.2, 0) is 0 Å². The summed E-state index contributed by atoms with van der Waals surface area (Å²) in [5.41, 5.74) is -1.51. The van der Waals surface area contributed by atoms with Crippen molar-refractivity contribution in [2.24, 2.45) is 5.10 Å². The molecule has 4 aromatic rings. The van der Waals surface area contributed by atoms with Crippen LogP contribution in [0.4, 0.5) is 0 Å². The predicted octanol–water partition coefficient (Wildman–Crippen LogP) is 3.43. The Bertz CT molecular complexity index is 1650. The Balaban J connectivity index is 1.61. The van der Waals surface area contributed by atoms with E-state index in [4.69, 9.17) is 11.6 Å². The molecule has 1 aliphatic heterocycles. The van der Waals surface area contributed by atoms with Crippen molar-refractivity contribution in [1.82, 2.24) is 14.6 Å². The van der Waals surface area contributed by atoms with Crippen LogP contribution in [-0.4, -0.2) is 37.7 Å². The number of imide groups is 1. The number of hydrogen-bond donors (Lipinski definition) is 2. The van der Waals surface area contributed by atoms with Gasteiger partial charge in [0.15, 0.2) is 0 Å². The van der Waals surface area contributed by atoms with E-state index in [0.717, 1.165) is 15.3 Å². The number of rotatable bonds is 3. The Labute approximate surface area is 203 Å². The summed E-state index contributed by atoms with van der Waals surface area (Å²) in [6.07, 6.45) is 0.861. The molecule has 0 aliphatic carbocycles. The van der Waals surface area contributed by atoms with Gasteiger partial charge in [-0.05, 0) is 47.9 Å². The fraction of sp³-hybridized carbons (Fsp3) is 0. The van der Waals surface area contributed by atoms with E-state index in [1.54, 1.807) is 30.3 Å². The molecule has 0 saturated carbocycles. The molecular formula is C23H12BrClN4O5. The van der Waals surface area contributed by atoms with E-state index < -0.39 is 34.5 Å². The van der Waals surface area contributed by atoms with Crippen molar-refractivity contribution in [3.8, 4) is 11.6 Å². The molecule has 2 heterocycles. The fourth-order valence-electron chi connectivity index (χ4n) is 3.75. The third kappa shape index (κ3) is 3.35. The van der Waals surface area contributed by atoms with Gasteiger partial charge < -0.3 is 5.11 Å². The van der Waals surface area contributed by atoms with Gasteiger partial charge in [0.2, 0.25) is 5.88 Å². The Morgan fingerprint density at radius 3 is 2.32 bits per heavy atom. The third-order valence-corrected chi connectivity index (χ3v) is 6.28. The molecule has 0 fully saturated rings. The highest BCUT2D eigenvalue weighted by molar-refractivity contribution is 9.10. The number of benzene rings is 3. The molecule has 0 bridgehead atoms. The van der Waals surface area contributed by atoms with Crippen molar-refractivity contribution in [1.29, 1.82) is 0 Å². The second-order valence-electron chi connectivity index (χ2n) is 7.30. The number of aromatic nitrogens is 2. The molecule has 5 rings (SSSR count). The summed E-state index contributed by atoms with van der Waals surface area (Å²) >= 11 is 9.29. The Hall–Kier alpha value is -4.02. The molecule has 3 aromatic carbocycles. The SMILES string of the molecule is O=C1c2cccc3c(Br)ccc(c23)C(=O)N1/N=C/c1c(O)n(-c2ccc(Cl)cc2)c(=O)[nH]c1=O. The van der Waals surface area contributed by atoms with Crippen molar-refractivity contribution in [3.63, 3.8) is 0 Å². The molecule has 1 aromatic heterocycles. The first-order valence-electron chi connectivity index (χ1n) is 9.76. The van der Waals surface area contributed by atoms with Crippen LogP contribution in [0.1, 0.15) is 26.3 Å². The van der Waals surface area contributed by atoms with Gasteiger partial charge in [0.25, 0.3) is 17.4 Å². The van der Waals surface area contributed by atoms with Crippen LogP contribution in [0.3, 0.4) is 0 Å². The van der Waals surface area contributed by atoms with Gasteiger partial charge in [0.1, 0.15) is 5.56 Å². The normalized spacial score (nSPS) is 13.3. The van der Waals surface area contributed by atoms with Gasteiger partial charge in [0.05, 0.1) is 23.0 Å². The van der Waals surface area contributed by atoms with Crippen LogP contribution in [0.25, 0.3) is 16.5 Å². The second kappa shape index (κ2) is 8.08. The van der Waals surface area contributed by atoms with Crippen LogP contribution in [0.15, 0.2) is 73.8 Å². The summed E-state index contributed by atoms with van der Waals surface area (Å²) in [5, 5.41) is 16.8. The van der Waals surface area contributed by atoms with Crippen molar-refractivity contribution in [3.05, 3.63) is 102 Å². The first-order chi connectivity index (χ1) is 16.3. The number of aromatic hydroxyl groups is 1. The minimum Gasteiger partial charge on any atom is -0.493 e. The van der Waals surface area contributed by atoms with Crippen LogP contribution in [0.2, 0.25) is 5.02 Å². The molecule has 11 heteroatoms. The van der Waals surface area contributed by atoms with Gasteiger partial charge in [0, 0.05) is 14.9 Å². The van der Waals surface area contributed by atoms with E-state index in [9.17, 15) is 24.3 Å². The molecule has 168 valence electrons. The Kier molecular flexibility index (Phi) is 5.18. The predicted molar refractivity (Wildman–Crippen MR) is 129 cm³/mol.